The molecule has 3 nitrogen and oxygen atoms in total. The van der Waals surface area contributed by atoms with Crippen molar-refractivity contribution >= 4 is 0 Å². The van der Waals surface area contributed by atoms with Gasteiger partial charge < -0.3 is 14.8 Å². The van der Waals surface area contributed by atoms with Crippen molar-refractivity contribution in [3.63, 3.8) is 0 Å². The maximum absolute atomic E-state index is 5.52. The van der Waals surface area contributed by atoms with Crippen LogP contribution in [0.1, 0.15) is 48.0 Å². The van der Waals surface area contributed by atoms with Gasteiger partial charge in [-0.1, -0.05) is 27.7 Å². The van der Waals surface area contributed by atoms with E-state index in [1.54, 1.807) is 0 Å². The first kappa shape index (κ1) is 17.9. The van der Waals surface area contributed by atoms with Crippen molar-refractivity contribution in [2.75, 3.05) is 26.3 Å². The topological polar surface area (TPSA) is 30.5 Å². The molecule has 0 heterocycles. The summed E-state index contributed by atoms with van der Waals surface area (Å²) in [5.41, 5.74) is 0. The first-order valence-corrected chi connectivity index (χ1v) is 7.46. The van der Waals surface area contributed by atoms with Crippen molar-refractivity contribution in [2.45, 2.75) is 54.3 Å². The van der Waals surface area contributed by atoms with E-state index in [1.165, 1.54) is 0 Å². The number of ether oxygens (including phenoxy) is 2. The molecule has 1 N–H and O–H groups in total. The van der Waals surface area contributed by atoms with Crippen LogP contribution >= 0.6 is 0 Å². The highest BCUT2D eigenvalue weighted by atomic mass is 16.7. The quantitative estimate of drug-likeness (QED) is 0.456. The van der Waals surface area contributed by atoms with Crippen LogP contribution < -0.4 is 5.32 Å². The predicted octanol–water partition coefficient (Wildman–Crippen LogP) is 3.29. The minimum Gasteiger partial charge on any atom is -0.353 e. The van der Waals surface area contributed by atoms with Gasteiger partial charge in [0.25, 0.3) is 0 Å². The number of nitrogens with one attached hydrogen (secondary N) is 1. The Morgan fingerprint density at radius 3 is 1.78 bits per heavy atom. The predicted molar refractivity (Wildman–Crippen MR) is 77.7 cm³/mol. The molecule has 0 aliphatic carbocycles. The van der Waals surface area contributed by atoms with Crippen molar-refractivity contribution in [3.8, 4) is 0 Å². The molecule has 0 atom stereocenters. The van der Waals surface area contributed by atoms with E-state index in [9.17, 15) is 0 Å². The van der Waals surface area contributed by atoms with Gasteiger partial charge in [0.1, 0.15) is 0 Å². The standard InChI is InChI=1S/C15H33NO2/c1-7-17-15(18-8-2)9-10-16-11-14(12(3)4)13(5)6/h12-16H,7-11H2,1-6H3. The molecule has 3 heteroatoms. The lowest BCUT2D eigenvalue weighted by atomic mass is 9.85. The van der Waals surface area contributed by atoms with E-state index in [0.29, 0.717) is 13.2 Å². The van der Waals surface area contributed by atoms with Crippen LogP contribution in [0.5, 0.6) is 0 Å². The van der Waals surface area contributed by atoms with Gasteiger partial charge in [-0.25, -0.2) is 0 Å². The zero-order valence-electron chi connectivity index (χ0n) is 13.2. The molecule has 0 amide bonds. The summed E-state index contributed by atoms with van der Waals surface area (Å²) >= 11 is 0. The van der Waals surface area contributed by atoms with Crippen molar-refractivity contribution in [3.05, 3.63) is 0 Å². The number of hydrogen-bond acceptors (Lipinski definition) is 3. The summed E-state index contributed by atoms with van der Waals surface area (Å²) in [7, 11) is 0. The van der Waals surface area contributed by atoms with E-state index in [1.807, 2.05) is 13.8 Å². The van der Waals surface area contributed by atoms with Crippen molar-refractivity contribution < 1.29 is 9.47 Å². The summed E-state index contributed by atoms with van der Waals surface area (Å²) in [6.07, 6.45) is 0.869. The summed E-state index contributed by atoms with van der Waals surface area (Å²) in [4.78, 5) is 0. The van der Waals surface area contributed by atoms with Gasteiger partial charge in [0.15, 0.2) is 6.29 Å². The Hall–Kier alpha value is -0.120. The number of hydrogen-bond donors (Lipinski definition) is 1. The largest absolute Gasteiger partial charge is 0.353 e. The highest BCUT2D eigenvalue weighted by Crippen LogP contribution is 2.19. The van der Waals surface area contributed by atoms with E-state index < -0.39 is 0 Å². The van der Waals surface area contributed by atoms with Gasteiger partial charge in [-0.15, -0.1) is 0 Å². The van der Waals surface area contributed by atoms with Gasteiger partial charge >= 0.3 is 0 Å². The molecule has 0 bridgehead atoms. The lowest BCUT2D eigenvalue weighted by Crippen LogP contribution is -2.32. The highest BCUT2D eigenvalue weighted by Gasteiger charge is 2.17. The zero-order valence-corrected chi connectivity index (χ0v) is 13.2. The van der Waals surface area contributed by atoms with Gasteiger partial charge in [-0.3, -0.25) is 0 Å². The first-order chi connectivity index (χ1) is 8.52. The van der Waals surface area contributed by atoms with Crippen LogP contribution in [0.3, 0.4) is 0 Å². The Morgan fingerprint density at radius 2 is 1.39 bits per heavy atom. The fourth-order valence-corrected chi connectivity index (χ4v) is 2.32. The monoisotopic (exact) mass is 259 g/mol. The Kier molecular flexibility index (Phi) is 10.7. The van der Waals surface area contributed by atoms with Crippen LogP contribution in [0.15, 0.2) is 0 Å². The third-order valence-corrected chi connectivity index (χ3v) is 3.35. The summed E-state index contributed by atoms with van der Waals surface area (Å²) in [5.74, 6) is 2.20. The van der Waals surface area contributed by atoms with E-state index in [2.05, 4.69) is 33.0 Å². The molecular weight excluding hydrogens is 226 g/mol. The second-order valence-corrected chi connectivity index (χ2v) is 5.48. The van der Waals surface area contributed by atoms with Crippen LogP contribution in [-0.4, -0.2) is 32.6 Å². The van der Waals surface area contributed by atoms with Crippen LogP contribution in [-0.2, 0) is 9.47 Å². The Bertz CT molecular complexity index is 169. The molecule has 0 unspecified atom stereocenters. The van der Waals surface area contributed by atoms with E-state index in [4.69, 9.17) is 9.47 Å². The van der Waals surface area contributed by atoms with Crippen LogP contribution in [0.25, 0.3) is 0 Å². The van der Waals surface area contributed by atoms with E-state index >= 15 is 0 Å². The molecule has 0 aliphatic heterocycles. The zero-order chi connectivity index (χ0) is 14.0. The van der Waals surface area contributed by atoms with Gasteiger partial charge in [0.05, 0.1) is 0 Å². The van der Waals surface area contributed by atoms with Crippen LogP contribution in [0.4, 0.5) is 0 Å². The summed E-state index contributed by atoms with van der Waals surface area (Å²) in [5, 5.41) is 3.54. The molecule has 110 valence electrons. The molecule has 0 fully saturated rings. The third kappa shape index (κ3) is 8.06. The van der Waals surface area contributed by atoms with Crippen molar-refractivity contribution in [1.29, 1.82) is 0 Å². The number of rotatable bonds is 11. The smallest absolute Gasteiger partial charge is 0.158 e. The molecule has 0 aromatic rings. The Labute approximate surface area is 114 Å². The average molecular weight is 259 g/mol. The third-order valence-electron chi connectivity index (χ3n) is 3.35. The second kappa shape index (κ2) is 10.8. The lowest BCUT2D eigenvalue weighted by Gasteiger charge is -2.25. The highest BCUT2D eigenvalue weighted by molar-refractivity contribution is 4.69. The average Bonchev–Trinajstić information content (AvgIpc) is 2.28. The molecule has 0 saturated carbocycles. The normalized spacial score (nSPS) is 12.3. The van der Waals surface area contributed by atoms with Crippen LogP contribution in [0, 0.1) is 17.8 Å². The fourth-order valence-electron chi connectivity index (χ4n) is 2.32. The lowest BCUT2D eigenvalue weighted by molar-refractivity contribution is -0.138. The molecule has 0 aromatic heterocycles. The minimum absolute atomic E-state index is 0.0518. The van der Waals surface area contributed by atoms with Crippen molar-refractivity contribution in [1.82, 2.24) is 5.32 Å². The molecule has 0 rings (SSSR count). The minimum atomic E-state index is -0.0518. The Balaban J connectivity index is 3.80. The molecule has 0 saturated heterocycles. The van der Waals surface area contributed by atoms with Gasteiger partial charge in [0.2, 0.25) is 0 Å². The maximum Gasteiger partial charge on any atom is 0.158 e. The Morgan fingerprint density at radius 1 is 0.889 bits per heavy atom. The first-order valence-electron chi connectivity index (χ1n) is 7.46. The van der Waals surface area contributed by atoms with Gasteiger partial charge in [-0.05, 0) is 44.7 Å². The van der Waals surface area contributed by atoms with Crippen LogP contribution in [0.2, 0.25) is 0 Å². The summed E-state index contributed by atoms with van der Waals surface area (Å²) in [6, 6.07) is 0. The van der Waals surface area contributed by atoms with Gasteiger partial charge in [0, 0.05) is 19.6 Å². The van der Waals surface area contributed by atoms with E-state index in [0.717, 1.165) is 37.3 Å². The SMILES string of the molecule is CCOC(CCNCC(C(C)C)C(C)C)OCC. The van der Waals surface area contributed by atoms with Crippen molar-refractivity contribution in [2.24, 2.45) is 17.8 Å². The summed E-state index contributed by atoms with van der Waals surface area (Å²) < 4.78 is 11.0. The van der Waals surface area contributed by atoms with E-state index in [-0.39, 0.29) is 6.29 Å². The summed E-state index contributed by atoms with van der Waals surface area (Å²) in [6.45, 7) is 16.7. The molecule has 0 aromatic carbocycles. The second-order valence-electron chi connectivity index (χ2n) is 5.48. The fraction of sp³-hybridized carbons (Fsp3) is 1.00. The molecular formula is C15H33NO2. The maximum atomic E-state index is 5.52. The molecule has 0 spiro atoms. The molecule has 0 aliphatic rings. The van der Waals surface area contributed by atoms with Gasteiger partial charge in [-0.2, -0.15) is 0 Å². The molecule has 18 heavy (non-hydrogen) atoms. The molecule has 0 radical (unpaired) electrons.